The van der Waals surface area contributed by atoms with E-state index in [2.05, 4.69) is 15.0 Å². The fraction of sp³-hybridized carbons (Fsp3) is 0. The van der Waals surface area contributed by atoms with Crippen LogP contribution in [0, 0.1) is 0 Å². The Morgan fingerprint density at radius 2 is 2.00 bits per heavy atom. The van der Waals surface area contributed by atoms with Gasteiger partial charge in [0.15, 0.2) is 5.15 Å². The van der Waals surface area contributed by atoms with Crippen LogP contribution in [-0.4, -0.2) is 15.0 Å². The molecule has 2 heterocycles. The Balaban J connectivity index is 2.88. The highest BCUT2D eigenvalue weighted by atomic mass is 35.5. The summed E-state index contributed by atoms with van der Waals surface area (Å²) in [6.45, 7) is 0. The van der Waals surface area contributed by atoms with E-state index < -0.39 is 0 Å². The van der Waals surface area contributed by atoms with E-state index in [0.717, 1.165) is 0 Å². The molecule has 0 N–H and O–H groups in total. The smallest absolute Gasteiger partial charge is 0.156 e. The topological polar surface area (TPSA) is 38.7 Å². The molecule has 2 rings (SSSR count). The van der Waals surface area contributed by atoms with Crippen molar-refractivity contribution in [3.8, 4) is 0 Å². The lowest BCUT2D eigenvalue weighted by molar-refractivity contribution is 1.25. The van der Waals surface area contributed by atoms with Gasteiger partial charge in [-0.2, -0.15) is 0 Å². The van der Waals surface area contributed by atoms with Gasteiger partial charge >= 0.3 is 0 Å². The number of fused-ring (bicyclic) bond motifs is 1. The summed E-state index contributed by atoms with van der Waals surface area (Å²) in [7, 11) is 0. The fourth-order valence-corrected chi connectivity index (χ4v) is 1.21. The SMILES string of the molecule is Clc1cnc2ccnc(Cl)c2n1. The first-order valence-electron chi connectivity index (χ1n) is 3.20. The maximum absolute atomic E-state index is 5.76. The van der Waals surface area contributed by atoms with Gasteiger partial charge in [-0.25, -0.2) is 9.97 Å². The van der Waals surface area contributed by atoms with Crippen LogP contribution in [-0.2, 0) is 0 Å². The fourth-order valence-electron chi connectivity index (χ4n) is 0.885. The Bertz CT molecular complexity index is 430. The van der Waals surface area contributed by atoms with Gasteiger partial charge in [0.05, 0.1) is 11.7 Å². The second-order valence-electron chi connectivity index (χ2n) is 2.16. The predicted molar refractivity (Wildman–Crippen MR) is 47.4 cm³/mol. The van der Waals surface area contributed by atoms with E-state index in [1.807, 2.05) is 0 Å². The van der Waals surface area contributed by atoms with Gasteiger partial charge in [0, 0.05) is 6.20 Å². The van der Waals surface area contributed by atoms with Crippen LogP contribution in [0.5, 0.6) is 0 Å². The first kappa shape index (κ1) is 7.71. The van der Waals surface area contributed by atoms with Gasteiger partial charge in [0.1, 0.15) is 10.7 Å². The minimum Gasteiger partial charge on any atom is -0.251 e. The van der Waals surface area contributed by atoms with Crippen LogP contribution in [0.4, 0.5) is 0 Å². The lowest BCUT2D eigenvalue weighted by atomic mass is 10.4. The van der Waals surface area contributed by atoms with Crippen LogP contribution < -0.4 is 0 Å². The maximum Gasteiger partial charge on any atom is 0.156 e. The highest BCUT2D eigenvalue weighted by Gasteiger charge is 2.02. The molecule has 0 radical (unpaired) electrons. The van der Waals surface area contributed by atoms with E-state index >= 15 is 0 Å². The Morgan fingerprint density at radius 1 is 1.17 bits per heavy atom. The van der Waals surface area contributed by atoms with Gasteiger partial charge in [-0.05, 0) is 6.07 Å². The monoisotopic (exact) mass is 199 g/mol. The average molecular weight is 200 g/mol. The summed E-state index contributed by atoms with van der Waals surface area (Å²) < 4.78 is 0. The van der Waals surface area contributed by atoms with Crippen LogP contribution in [0.3, 0.4) is 0 Å². The molecule has 0 amide bonds. The number of nitrogens with zero attached hydrogens (tertiary/aromatic N) is 3. The van der Waals surface area contributed by atoms with Crippen LogP contribution in [0.25, 0.3) is 11.0 Å². The third kappa shape index (κ3) is 1.21. The van der Waals surface area contributed by atoms with Crippen LogP contribution in [0.2, 0.25) is 10.3 Å². The van der Waals surface area contributed by atoms with Crippen molar-refractivity contribution < 1.29 is 0 Å². The molecule has 0 aliphatic heterocycles. The molecule has 0 saturated heterocycles. The molecule has 0 spiro atoms. The van der Waals surface area contributed by atoms with Crippen molar-refractivity contribution in [2.45, 2.75) is 0 Å². The molecule has 0 unspecified atom stereocenters. The maximum atomic E-state index is 5.76. The number of hydrogen-bond donors (Lipinski definition) is 0. The number of hydrogen-bond acceptors (Lipinski definition) is 3. The van der Waals surface area contributed by atoms with E-state index in [1.165, 1.54) is 6.20 Å². The molecule has 0 fully saturated rings. The second kappa shape index (κ2) is 2.84. The highest BCUT2D eigenvalue weighted by Crippen LogP contribution is 2.18. The summed E-state index contributed by atoms with van der Waals surface area (Å²) in [6.07, 6.45) is 3.05. The average Bonchev–Trinajstić information content (AvgIpc) is 2.07. The molecule has 5 heteroatoms. The zero-order valence-corrected chi connectivity index (χ0v) is 7.34. The van der Waals surface area contributed by atoms with Crippen molar-refractivity contribution in [3.63, 3.8) is 0 Å². The first-order valence-corrected chi connectivity index (χ1v) is 3.96. The van der Waals surface area contributed by atoms with Crippen molar-refractivity contribution in [1.82, 2.24) is 15.0 Å². The zero-order valence-electron chi connectivity index (χ0n) is 5.83. The van der Waals surface area contributed by atoms with Crippen molar-refractivity contribution in [1.29, 1.82) is 0 Å². The molecule has 2 aromatic heterocycles. The molecule has 0 bridgehead atoms. The van der Waals surface area contributed by atoms with Gasteiger partial charge in [0.2, 0.25) is 0 Å². The molecule has 2 aromatic rings. The highest BCUT2D eigenvalue weighted by molar-refractivity contribution is 6.34. The molecule has 0 atom stereocenters. The van der Waals surface area contributed by atoms with Gasteiger partial charge in [0.25, 0.3) is 0 Å². The van der Waals surface area contributed by atoms with Crippen molar-refractivity contribution in [2.75, 3.05) is 0 Å². The summed E-state index contributed by atoms with van der Waals surface area (Å²) >= 11 is 11.4. The number of halogens is 2. The quantitative estimate of drug-likeness (QED) is 0.612. The predicted octanol–water partition coefficient (Wildman–Crippen LogP) is 2.33. The van der Waals surface area contributed by atoms with Crippen molar-refractivity contribution in [2.24, 2.45) is 0 Å². The van der Waals surface area contributed by atoms with E-state index in [4.69, 9.17) is 23.2 Å². The van der Waals surface area contributed by atoms with Crippen LogP contribution in [0.1, 0.15) is 0 Å². The minimum absolute atomic E-state index is 0.317. The second-order valence-corrected chi connectivity index (χ2v) is 2.91. The van der Waals surface area contributed by atoms with Gasteiger partial charge in [-0.1, -0.05) is 23.2 Å². The zero-order chi connectivity index (χ0) is 8.55. The summed E-state index contributed by atoms with van der Waals surface area (Å²) in [5.41, 5.74) is 1.23. The molecule has 0 aliphatic rings. The largest absolute Gasteiger partial charge is 0.251 e. The van der Waals surface area contributed by atoms with Gasteiger partial charge in [-0.15, -0.1) is 0 Å². The standard InChI is InChI=1S/C7H3Cl2N3/c8-5-3-11-4-1-2-10-7(9)6(4)12-5/h1-3H. The van der Waals surface area contributed by atoms with Crippen LogP contribution >= 0.6 is 23.2 Å². The lowest BCUT2D eigenvalue weighted by Crippen LogP contribution is -1.86. The lowest BCUT2D eigenvalue weighted by Gasteiger charge is -1.96. The summed E-state index contributed by atoms with van der Waals surface area (Å²) in [5.74, 6) is 0. The molecule has 0 aliphatic carbocycles. The Morgan fingerprint density at radius 3 is 2.83 bits per heavy atom. The van der Waals surface area contributed by atoms with Crippen molar-refractivity contribution in [3.05, 3.63) is 28.8 Å². The normalized spacial score (nSPS) is 10.5. The molecular formula is C7H3Cl2N3. The summed E-state index contributed by atoms with van der Waals surface area (Å²) in [4.78, 5) is 11.9. The molecule has 0 saturated carbocycles. The summed E-state index contributed by atoms with van der Waals surface area (Å²) in [5, 5.41) is 0.639. The Kier molecular flexibility index (Phi) is 1.83. The number of aromatic nitrogens is 3. The first-order chi connectivity index (χ1) is 5.77. The Hall–Kier alpha value is -0.930. The van der Waals surface area contributed by atoms with Crippen molar-refractivity contribution >= 4 is 34.2 Å². The third-order valence-corrected chi connectivity index (χ3v) is 1.85. The molecule has 12 heavy (non-hydrogen) atoms. The van der Waals surface area contributed by atoms with E-state index in [9.17, 15) is 0 Å². The molecular weight excluding hydrogens is 197 g/mol. The molecule has 0 aromatic carbocycles. The van der Waals surface area contributed by atoms with Gasteiger partial charge in [-0.3, -0.25) is 4.98 Å². The molecule has 60 valence electrons. The summed E-state index contributed by atoms with van der Waals surface area (Å²) in [6, 6.07) is 1.73. The van der Waals surface area contributed by atoms with E-state index in [0.29, 0.717) is 21.3 Å². The van der Waals surface area contributed by atoms with Crippen LogP contribution in [0.15, 0.2) is 18.5 Å². The Labute approximate surface area is 78.4 Å². The minimum atomic E-state index is 0.317. The molecule has 3 nitrogen and oxygen atoms in total. The number of pyridine rings is 1. The third-order valence-electron chi connectivity index (χ3n) is 1.39. The van der Waals surface area contributed by atoms with Gasteiger partial charge < -0.3 is 0 Å². The van der Waals surface area contributed by atoms with E-state index in [-0.39, 0.29) is 0 Å². The number of rotatable bonds is 0. The van der Waals surface area contributed by atoms with E-state index in [1.54, 1.807) is 12.3 Å².